The number of aromatic nitrogens is 1. The number of halogens is 1. The van der Waals surface area contributed by atoms with Crippen molar-refractivity contribution < 1.29 is 14.3 Å². The lowest BCUT2D eigenvalue weighted by Gasteiger charge is -2.15. The lowest BCUT2D eigenvalue weighted by atomic mass is 10.1. The first-order chi connectivity index (χ1) is 11.5. The van der Waals surface area contributed by atoms with Gasteiger partial charge in [0.2, 0.25) is 5.91 Å². The van der Waals surface area contributed by atoms with Gasteiger partial charge < -0.3 is 4.74 Å². The summed E-state index contributed by atoms with van der Waals surface area (Å²) in [5, 5.41) is 0. The molecule has 0 saturated carbocycles. The molecule has 6 nitrogen and oxygen atoms in total. The van der Waals surface area contributed by atoms with E-state index in [2.05, 4.69) is 31.8 Å². The molecule has 0 unspecified atom stereocenters. The molecule has 2 amide bonds. The van der Waals surface area contributed by atoms with E-state index in [0.717, 1.165) is 10.0 Å². The average Bonchev–Trinajstić information content (AvgIpc) is 2.58. The predicted octanol–water partition coefficient (Wildman–Crippen LogP) is 2.39. The molecule has 0 fully saturated rings. The Kier molecular flexibility index (Phi) is 6.74. The van der Waals surface area contributed by atoms with Gasteiger partial charge in [0.25, 0.3) is 5.91 Å². The molecule has 126 valence electrons. The molecule has 1 aromatic carbocycles. The second-order valence-corrected chi connectivity index (χ2v) is 6.03. The van der Waals surface area contributed by atoms with Crippen molar-refractivity contribution in [2.24, 2.45) is 0 Å². The fourth-order valence-corrected chi connectivity index (χ4v) is 2.28. The third kappa shape index (κ3) is 6.00. The van der Waals surface area contributed by atoms with Crippen LogP contribution in [-0.4, -0.2) is 22.9 Å². The molecule has 2 rings (SSSR count). The van der Waals surface area contributed by atoms with Crippen molar-refractivity contribution in [3.8, 4) is 5.75 Å². The van der Waals surface area contributed by atoms with E-state index < -0.39 is 12.0 Å². The maximum Gasteiger partial charge on any atom is 0.279 e. The van der Waals surface area contributed by atoms with Crippen molar-refractivity contribution in [1.29, 1.82) is 0 Å². The van der Waals surface area contributed by atoms with E-state index in [0.29, 0.717) is 12.2 Å². The Morgan fingerprint density at radius 3 is 2.79 bits per heavy atom. The minimum Gasteiger partial charge on any atom is -0.481 e. The Morgan fingerprint density at radius 2 is 2.08 bits per heavy atom. The molecule has 0 aliphatic rings. The van der Waals surface area contributed by atoms with Crippen molar-refractivity contribution in [3.05, 3.63) is 58.8 Å². The van der Waals surface area contributed by atoms with Gasteiger partial charge in [-0.25, -0.2) is 0 Å². The standard InChI is InChI=1S/C17H18BrN3O3/c1-12(24-15-6-2-5-14(18)10-15)17(23)21-20-16(22)8-7-13-4-3-9-19-11-13/h2-6,9-12H,7-8H2,1H3,(H,20,22)(H,21,23)/t12-/m0/s1. The van der Waals surface area contributed by atoms with Gasteiger partial charge in [0, 0.05) is 23.3 Å². The van der Waals surface area contributed by atoms with Gasteiger partial charge in [0.1, 0.15) is 5.75 Å². The Balaban J connectivity index is 1.72. The summed E-state index contributed by atoms with van der Waals surface area (Å²) in [4.78, 5) is 27.7. The van der Waals surface area contributed by atoms with Crippen LogP contribution in [0, 0.1) is 0 Å². The van der Waals surface area contributed by atoms with Crippen molar-refractivity contribution in [2.75, 3.05) is 0 Å². The molecule has 0 aliphatic heterocycles. The number of nitrogens with one attached hydrogen (secondary N) is 2. The summed E-state index contributed by atoms with van der Waals surface area (Å²) in [5.74, 6) is -0.138. The topological polar surface area (TPSA) is 80.3 Å². The van der Waals surface area contributed by atoms with E-state index in [4.69, 9.17) is 4.74 Å². The number of amides is 2. The highest BCUT2D eigenvalue weighted by Crippen LogP contribution is 2.18. The lowest BCUT2D eigenvalue weighted by molar-refractivity contribution is -0.132. The van der Waals surface area contributed by atoms with E-state index in [9.17, 15) is 9.59 Å². The van der Waals surface area contributed by atoms with Gasteiger partial charge in [-0.05, 0) is 43.2 Å². The van der Waals surface area contributed by atoms with E-state index in [1.807, 2.05) is 24.3 Å². The Hall–Kier alpha value is -2.41. The summed E-state index contributed by atoms with van der Waals surface area (Å²) in [6.07, 6.45) is 3.46. The number of hydrazine groups is 1. The molecule has 0 radical (unpaired) electrons. The molecule has 1 aromatic heterocycles. The number of hydrogen-bond acceptors (Lipinski definition) is 4. The Morgan fingerprint density at radius 1 is 1.25 bits per heavy atom. The van der Waals surface area contributed by atoms with E-state index >= 15 is 0 Å². The second-order valence-electron chi connectivity index (χ2n) is 5.12. The van der Waals surface area contributed by atoms with Gasteiger partial charge in [0.15, 0.2) is 6.10 Å². The zero-order valence-electron chi connectivity index (χ0n) is 13.2. The number of pyridine rings is 1. The zero-order valence-corrected chi connectivity index (χ0v) is 14.7. The third-order valence-corrected chi connectivity index (χ3v) is 3.66. The molecule has 2 N–H and O–H groups in total. The highest BCUT2D eigenvalue weighted by Gasteiger charge is 2.15. The number of benzene rings is 1. The summed E-state index contributed by atoms with van der Waals surface area (Å²) in [6, 6.07) is 10.9. The summed E-state index contributed by atoms with van der Waals surface area (Å²) in [7, 11) is 0. The van der Waals surface area contributed by atoms with E-state index in [1.54, 1.807) is 31.5 Å². The molecule has 1 heterocycles. The SMILES string of the molecule is C[C@H](Oc1cccc(Br)c1)C(=O)NNC(=O)CCc1cccnc1. The number of carbonyl (C=O) groups excluding carboxylic acids is 2. The summed E-state index contributed by atoms with van der Waals surface area (Å²) < 4.78 is 6.37. The summed E-state index contributed by atoms with van der Waals surface area (Å²) in [5.41, 5.74) is 5.71. The highest BCUT2D eigenvalue weighted by molar-refractivity contribution is 9.10. The van der Waals surface area contributed by atoms with Crippen molar-refractivity contribution in [2.45, 2.75) is 25.9 Å². The molecule has 0 bridgehead atoms. The number of aryl methyl sites for hydroxylation is 1. The lowest BCUT2D eigenvalue weighted by Crippen LogP contribution is -2.47. The van der Waals surface area contributed by atoms with Gasteiger partial charge in [-0.3, -0.25) is 25.4 Å². The molecular weight excluding hydrogens is 374 g/mol. The maximum atomic E-state index is 11.9. The minimum atomic E-state index is -0.738. The molecule has 1 atom stereocenters. The van der Waals surface area contributed by atoms with E-state index in [1.165, 1.54) is 0 Å². The summed E-state index contributed by atoms with van der Waals surface area (Å²) in [6.45, 7) is 1.61. The first-order valence-electron chi connectivity index (χ1n) is 7.44. The van der Waals surface area contributed by atoms with Crippen LogP contribution in [-0.2, 0) is 16.0 Å². The average molecular weight is 392 g/mol. The molecule has 0 aliphatic carbocycles. The Bertz CT molecular complexity index is 694. The van der Waals surface area contributed by atoms with Crippen LogP contribution in [0.4, 0.5) is 0 Å². The number of rotatable bonds is 6. The number of ether oxygens (including phenoxy) is 1. The van der Waals surface area contributed by atoms with Crippen LogP contribution in [0.15, 0.2) is 53.3 Å². The molecule has 0 spiro atoms. The van der Waals surface area contributed by atoms with Crippen LogP contribution < -0.4 is 15.6 Å². The van der Waals surface area contributed by atoms with Crippen LogP contribution in [0.5, 0.6) is 5.75 Å². The minimum absolute atomic E-state index is 0.257. The third-order valence-electron chi connectivity index (χ3n) is 3.17. The fourth-order valence-electron chi connectivity index (χ4n) is 1.90. The first-order valence-corrected chi connectivity index (χ1v) is 8.23. The molecule has 24 heavy (non-hydrogen) atoms. The highest BCUT2D eigenvalue weighted by atomic mass is 79.9. The van der Waals surface area contributed by atoms with Crippen LogP contribution in [0.3, 0.4) is 0 Å². The van der Waals surface area contributed by atoms with Gasteiger partial charge in [-0.2, -0.15) is 0 Å². The quantitative estimate of drug-likeness (QED) is 0.740. The van der Waals surface area contributed by atoms with Crippen LogP contribution >= 0.6 is 15.9 Å². The number of nitrogens with zero attached hydrogens (tertiary/aromatic N) is 1. The van der Waals surface area contributed by atoms with Gasteiger partial charge >= 0.3 is 0 Å². The zero-order chi connectivity index (χ0) is 17.4. The number of carbonyl (C=O) groups is 2. The van der Waals surface area contributed by atoms with Crippen LogP contribution in [0.25, 0.3) is 0 Å². The molecule has 2 aromatic rings. The van der Waals surface area contributed by atoms with Crippen molar-refractivity contribution >= 4 is 27.7 Å². The normalized spacial score (nSPS) is 11.4. The Labute approximate surface area is 148 Å². The van der Waals surface area contributed by atoms with Crippen LogP contribution in [0.2, 0.25) is 0 Å². The molecular formula is C17H18BrN3O3. The summed E-state index contributed by atoms with van der Waals surface area (Å²) >= 11 is 3.33. The van der Waals surface area contributed by atoms with Crippen molar-refractivity contribution in [1.82, 2.24) is 15.8 Å². The largest absolute Gasteiger partial charge is 0.481 e. The van der Waals surface area contributed by atoms with Gasteiger partial charge in [0.05, 0.1) is 0 Å². The fraction of sp³-hybridized carbons (Fsp3) is 0.235. The maximum absolute atomic E-state index is 11.9. The van der Waals surface area contributed by atoms with Gasteiger partial charge in [-0.1, -0.05) is 28.1 Å². The first kappa shape index (κ1) is 17.9. The second kappa shape index (κ2) is 9.02. The molecule has 0 saturated heterocycles. The molecule has 7 heteroatoms. The smallest absolute Gasteiger partial charge is 0.279 e. The monoisotopic (exact) mass is 391 g/mol. The number of hydrogen-bond donors (Lipinski definition) is 2. The van der Waals surface area contributed by atoms with E-state index in [-0.39, 0.29) is 12.3 Å². The van der Waals surface area contributed by atoms with Crippen molar-refractivity contribution in [3.63, 3.8) is 0 Å². The predicted molar refractivity (Wildman–Crippen MR) is 93.1 cm³/mol. The van der Waals surface area contributed by atoms with Crippen LogP contribution in [0.1, 0.15) is 18.9 Å². The van der Waals surface area contributed by atoms with Gasteiger partial charge in [-0.15, -0.1) is 0 Å².